The molecule has 0 aliphatic heterocycles. The second-order valence-corrected chi connectivity index (χ2v) is 4.42. The molecule has 0 unspecified atom stereocenters. The molecule has 0 atom stereocenters. The van der Waals surface area contributed by atoms with Crippen molar-refractivity contribution in [1.82, 2.24) is 5.32 Å². The Kier molecular flexibility index (Phi) is 5.83. The lowest BCUT2D eigenvalue weighted by atomic mass is 10.3. The molecule has 0 radical (unpaired) electrons. The molecule has 0 bridgehead atoms. The zero-order valence-electron chi connectivity index (χ0n) is 12.3. The molecule has 0 fully saturated rings. The number of nitrogens with one attached hydrogen (secondary N) is 1. The Bertz CT molecular complexity index is 699. The molecule has 0 saturated heterocycles. The number of benzene rings is 1. The summed E-state index contributed by atoms with van der Waals surface area (Å²) in [5.41, 5.74) is 0. The zero-order chi connectivity index (χ0) is 16.5. The van der Waals surface area contributed by atoms with Gasteiger partial charge < -0.3 is 19.2 Å². The summed E-state index contributed by atoms with van der Waals surface area (Å²) in [6.07, 6.45) is 5.00. The van der Waals surface area contributed by atoms with Gasteiger partial charge in [0.25, 0.3) is 5.91 Å². The van der Waals surface area contributed by atoms with Gasteiger partial charge in [0.1, 0.15) is 18.1 Å². The summed E-state index contributed by atoms with van der Waals surface area (Å²) >= 11 is 0. The molecule has 0 aliphatic rings. The molecule has 6 heteroatoms. The Morgan fingerprint density at radius 1 is 1.17 bits per heavy atom. The molecule has 23 heavy (non-hydrogen) atoms. The monoisotopic (exact) mass is 313 g/mol. The fourth-order valence-corrected chi connectivity index (χ4v) is 1.64. The third-order valence-electron chi connectivity index (χ3n) is 2.71. The molecule has 118 valence electrons. The number of para-hydroxylation sites is 1. The van der Waals surface area contributed by atoms with Gasteiger partial charge in [0.15, 0.2) is 6.61 Å². The number of amides is 1. The van der Waals surface area contributed by atoms with Crippen LogP contribution < -0.4 is 10.1 Å². The first kappa shape index (κ1) is 16.2. The summed E-state index contributed by atoms with van der Waals surface area (Å²) in [7, 11) is 0. The van der Waals surface area contributed by atoms with Gasteiger partial charge in [-0.1, -0.05) is 24.1 Å². The molecule has 0 spiro atoms. The Balaban J connectivity index is 1.80. The summed E-state index contributed by atoms with van der Waals surface area (Å²) in [5.74, 6) is 2.20. The highest BCUT2D eigenvalue weighted by Crippen LogP contribution is 2.14. The summed E-state index contributed by atoms with van der Waals surface area (Å²) < 4.78 is 15.6. The third-order valence-corrected chi connectivity index (χ3v) is 2.71. The summed E-state index contributed by atoms with van der Waals surface area (Å²) in [5, 5.41) is 2.38. The highest BCUT2D eigenvalue weighted by molar-refractivity contribution is 5.88. The number of carbonyl (C=O) groups is 2. The molecule has 1 heterocycles. The van der Waals surface area contributed by atoms with Crippen molar-refractivity contribution in [3.63, 3.8) is 0 Å². The van der Waals surface area contributed by atoms with E-state index in [1.54, 1.807) is 6.07 Å². The van der Waals surface area contributed by atoms with E-state index in [4.69, 9.17) is 20.3 Å². The SMILES string of the molecule is C#CCNC(=O)COC(=O)c1ccc(COc2ccccc2)o1. The number of carbonyl (C=O) groups excluding carboxylic acids is 2. The van der Waals surface area contributed by atoms with Crippen LogP contribution in [-0.2, 0) is 16.1 Å². The van der Waals surface area contributed by atoms with Crippen molar-refractivity contribution >= 4 is 11.9 Å². The lowest BCUT2D eigenvalue weighted by Crippen LogP contribution is -2.28. The van der Waals surface area contributed by atoms with E-state index < -0.39 is 18.5 Å². The van der Waals surface area contributed by atoms with Crippen LogP contribution in [0.5, 0.6) is 5.75 Å². The molecule has 6 nitrogen and oxygen atoms in total. The number of esters is 1. The molecular weight excluding hydrogens is 298 g/mol. The lowest BCUT2D eigenvalue weighted by Gasteiger charge is -2.04. The van der Waals surface area contributed by atoms with Crippen molar-refractivity contribution in [3.05, 3.63) is 54.0 Å². The number of rotatable bonds is 7. The molecular formula is C17H15NO5. The van der Waals surface area contributed by atoms with Crippen molar-refractivity contribution < 1.29 is 23.5 Å². The van der Waals surface area contributed by atoms with Crippen molar-refractivity contribution in [2.45, 2.75) is 6.61 Å². The van der Waals surface area contributed by atoms with Gasteiger partial charge in [0, 0.05) is 0 Å². The van der Waals surface area contributed by atoms with Crippen molar-refractivity contribution in [2.24, 2.45) is 0 Å². The number of furan rings is 1. The van der Waals surface area contributed by atoms with E-state index in [0.717, 1.165) is 0 Å². The van der Waals surface area contributed by atoms with Gasteiger partial charge in [-0.2, -0.15) is 0 Å². The number of ether oxygens (including phenoxy) is 2. The minimum absolute atomic E-state index is 0.00131. The van der Waals surface area contributed by atoms with Crippen LogP contribution in [0.2, 0.25) is 0 Å². The minimum atomic E-state index is -0.730. The molecule has 2 aromatic rings. The second kappa shape index (κ2) is 8.29. The largest absolute Gasteiger partial charge is 0.486 e. The number of hydrogen-bond acceptors (Lipinski definition) is 5. The van der Waals surface area contributed by atoms with Crippen LogP contribution in [-0.4, -0.2) is 25.0 Å². The fourth-order valence-electron chi connectivity index (χ4n) is 1.64. The average molecular weight is 313 g/mol. The molecule has 1 amide bonds. The van der Waals surface area contributed by atoms with Gasteiger partial charge >= 0.3 is 5.97 Å². The molecule has 0 saturated carbocycles. The van der Waals surface area contributed by atoms with Gasteiger partial charge in [0.05, 0.1) is 6.54 Å². The Hall–Kier alpha value is -3.20. The van der Waals surface area contributed by atoms with Gasteiger partial charge in [-0.05, 0) is 24.3 Å². The van der Waals surface area contributed by atoms with Gasteiger partial charge in [0.2, 0.25) is 5.76 Å². The van der Waals surface area contributed by atoms with E-state index in [1.165, 1.54) is 6.07 Å². The van der Waals surface area contributed by atoms with E-state index >= 15 is 0 Å². The van der Waals surface area contributed by atoms with E-state index in [9.17, 15) is 9.59 Å². The van der Waals surface area contributed by atoms with E-state index in [-0.39, 0.29) is 18.9 Å². The first-order valence-corrected chi connectivity index (χ1v) is 6.83. The standard InChI is InChI=1S/C17H15NO5/c1-2-10-18-16(19)12-22-17(20)15-9-8-14(23-15)11-21-13-6-4-3-5-7-13/h1,3-9H,10-12H2,(H,18,19). The van der Waals surface area contributed by atoms with Gasteiger partial charge in [-0.15, -0.1) is 6.42 Å². The van der Waals surface area contributed by atoms with Crippen LogP contribution in [0.15, 0.2) is 46.9 Å². The summed E-state index contributed by atoms with van der Waals surface area (Å²) in [4.78, 5) is 23.0. The van der Waals surface area contributed by atoms with Crippen LogP contribution >= 0.6 is 0 Å². The van der Waals surface area contributed by atoms with Gasteiger partial charge in [-0.25, -0.2) is 4.79 Å². The second-order valence-electron chi connectivity index (χ2n) is 4.42. The van der Waals surface area contributed by atoms with Crippen LogP contribution in [0.4, 0.5) is 0 Å². The summed E-state index contributed by atoms with van der Waals surface area (Å²) in [6, 6.07) is 12.3. The van der Waals surface area contributed by atoms with Crippen molar-refractivity contribution in [3.8, 4) is 18.1 Å². The smallest absolute Gasteiger partial charge is 0.374 e. The maximum Gasteiger partial charge on any atom is 0.374 e. The average Bonchev–Trinajstić information content (AvgIpc) is 3.06. The normalized spacial score (nSPS) is 9.70. The Morgan fingerprint density at radius 2 is 1.96 bits per heavy atom. The molecule has 1 N–H and O–H groups in total. The topological polar surface area (TPSA) is 77.8 Å². The fraction of sp³-hybridized carbons (Fsp3) is 0.176. The van der Waals surface area contributed by atoms with Crippen molar-refractivity contribution in [1.29, 1.82) is 0 Å². The Labute approximate surface area is 133 Å². The maximum absolute atomic E-state index is 11.7. The van der Waals surface area contributed by atoms with E-state index in [1.807, 2.05) is 30.3 Å². The maximum atomic E-state index is 11.7. The zero-order valence-corrected chi connectivity index (χ0v) is 12.3. The highest BCUT2D eigenvalue weighted by atomic mass is 16.6. The molecule has 0 aliphatic carbocycles. The first-order chi connectivity index (χ1) is 11.2. The lowest BCUT2D eigenvalue weighted by molar-refractivity contribution is -0.124. The predicted octanol–water partition coefficient (Wildman–Crippen LogP) is 1.76. The van der Waals surface area contributed by atoms with E-state index in [2.05, 4.69) is 11.2 Å². The Morgan fingerprint density at radius 3 is 2.70 bits per heavy atom. The van der Waals surface area contributed by atoms with Gasteiger partial charge in [-0.3, -0.25) is 4.79 Å². The number of terminal acetylenes is 1. The highest BCUT2D eigenvalue weighted by Gasteiger charge is 2.14. The predicted molar refractivity (Wildman–Crippen MR) is 81.6 cm³/mol. The van der Waals surface area contributed by atoms with E-state index in [0.29, 0.717) is 11.5 Å². The summed E-state index contributed by atoms with van der Waals surface area (Å²) in [6.45, 7) is -0.158. The van der Waals surface area contributed by atoms with Crippen LogP contribution in [0, 0.1) is 12.3 Å². The first-order valence-electron chi connectivity index (χ1n) is 6.83. The van der Waals surface area contributed by atoms with Crippen LogP contribution in [0.25, 0.3) is 0 Å². The quantitative estimate of drug-likeness (QED) is 0.622. The van der Waals surface area contributed by atoms with Crippen LogP contribution in [0.1, 0.15) is 16.3 Å². The molecule has 1 aromatic heterocycles. The molecule has 2 rings (SSSR count). The van der Waals surface area contributed by atoms with Crippen LogP contribution in [0.3, 0.4) is 0 Å². The third kappa shape index (κ3) is 5.25. The minimum Gasteiger partial charge on any atom is -0.486 e. The van der Waals surface area contributed by atoms with Crippen molar-refractivity contribution in [2.75, 3.05) is 13.2 Å². The number of hydrogen-bond donors (Lipinski definition) is 1. The molecule has 1 aromatic carbocycles.